The van der Waals surface area contributed by atoms with Gasteiger partial charge in [-0.1, -0.05) is 12.1 Å². The van der Waals surface area contributed by atoms with E-state index in [0.29, 0.717) is 19.0 Å². The van der Waals surface area contributed by atoms with Crippen LogP contribution in [0.25, 0.3) is 0 Å². The lowest BCUT2D eigenvalue weighted by Crippen LogP contribution is -2.37. The average Bonchev–Trinajstić information content (AvgIpc) is 2.49. The number of halogens is 4. The molecule has 0 fully saturated rings. The third-order valence-corrected chi connectivity index (χ3v) is 2.79. The van der Waals surface area contributed by atoms with Gasteiger partial charge in [-0.3, -0.25) is 0 Å². The molecule has 0 atom stereocenters. The van der Waals surface area contributed by atoms with Crippen LogP contribution in [0.15, 0.2) is 35.8 Å². The van der Waals surface area contributed by atoms with E-state index in [4.69, 9.17) is 4.74 Å². The third kappa shape index (κ3) is 7.10. The number of nitrogens with one attached hydrogen (secondary N) is 2. The first-order valence-electron chi connectivity index (χ1n) is 6.79. The van der Waals surface area contributed by atoms with Crippen molar-refractivity contribution in [3.8, 4) is 5.75 Å². The van der Waals surface area contributed by atoms with Gasteiger partial charge in [-0.25, -0.2) is 4.99 Å². The zero-order chi connectivity index (χ0) is 16.6. The number of methoxy groups -OCH3 is 1. The van der Waals surface area contributed by atoms with Crippen molar-refractivity contribution < 1.29 is 17.9 Å². The highest BCUT2D eigenvalue weighted by atomic mass is 127. The van der Waals surface area contributed by atoms with Gasteiger partial charge in [-0.15, -0.1) is 30.6 Å². The Hall–Kier alpha value is -1.45. The van der Waals surface area contributed by atoms with Crippen LogP contribution in [0.3, 0.4) is 0 Å². The zero-order valence-corrected chi connectivity index (χ0v) is 15.4. The van der Waals surface area contributed by atoms with Crippen molar-refractivity contribution in [1.29, 1.82) is 0 Å². The number of hydrogen-bond donors (Lipinski definition) is 2. The molecule has 0 radical (unpaired) electrons. The van der Waals surface area contributed by atoms with Gasteiger partial charge >= 0.3 is 6.18 Å². The number of guanidine groups is 1. The third-order valence-electron chi connectivity index (χ3n) is 2.79. The number of nitrogens with zero attached hydrogens (tertiary/aromatic N) is 1. The Morgan fingerprint density at radius 3 is 2.57 bits per heavy atom. The van der Waals surface area contributed by atoms with Crippen LogP contribution in [0.1, 0.15) is 18.1 Å². The fourth-order valence-electron chi connectivity index (χ4n) is 1.76. The summed E-state index contributed by atoms with van der Waals surface area (Å²) in [4.78, 5) is 4.16. The Morgan fingerprint density at radius 1 is 1.35 bits per heavy atom. The predicted octanol–water partition coefficient (Wildman–Crippen LogP) is 3.57. The minimum atomic E-state index is -4.45. The quantitative estimate of drug-likeness (QED) is 0.306. The summed E-state index contributed by atoms with van der Waals surface area (Å²) in [5.41, 5.74) is -0.653. The fourth-order valence-corrected chi connectivity index (χ4v) is 1.76. The molecule has 0 aliphatic heterocycles. The number of alkyl halides is 3. The first-order valence-corrected chi connectivity index (χ1v) is 6.79. The molecule has 1 aromatic carbocycles. The Bertz CT molecular complexity index is 533. The van der Waals surface area contributed by atoms with E-state index in [9.17, 15) is 13.2 Å². The summed E-state index contributed by atoms with van der Waals surface area (Å²) >= 11 is 0. The molecule has 0 saturated heterocycles. The highest BCUT2D eigenvalue weighted by molar-refractivity contribution is 14.0. The van der Waals surface area contributed by atoms with E-state index in [1.165, 1.54) is 19.2 Å². The molecular formula is C15H21F3IN3O. The smallest absolute Gasteiger partial charge is 0.416 e. The van der Waals surface area contributed by atoms with Crippen molar-refractivity contribution >= 4 is 29.9 Å². The molecule has 0 aromatic heterocycles. The van der Waals surface area contributed by atoms with Crippen LogP contribution in [0.2, 0.25) is 0 Å². The molecule has 0 aliphatic rings. The summed E-state index contributed by atoms with van der Waals surface area (Å²) in [5.74, 6) is 0.600. The molecule has 0 spiro atoms. The van der Waals surface area contributed by atoms with Gasteiger partial charge in [-0.05, 0) is 24.6 Å². The lowest BCUT2D eigenvalue weighted by molar-refractivity contribution is -0.138. The maximum Gasteiger partial charge on any atom is 0.416 e. The molecule has 0 aliphatic carbocycles. The molecule has 4 nitrogen and oxygen atoms in total. The van der Waals surface area contributed by atoms with Gasteiger partial charge in [0.1, 0.15) is 5.75 Å². The number of rotatable bonds is 6. The minimum absolute atomic E-state index is 0. The summed E-state index contributed by atoms with van der Waals surface area (Å²) in [5, 5.41) is 5.89. The van der Waals surface area contributed by atoms with Crippen LogP contribution in [0.4, 0.5) is 13.2 Å². The number of benzene rings is 1. The van der Waals surface area contributed by atoms with Gasteiger partial charge in [0, 0.05) is 13.1 Å². The van der Waals surface area contributed by atoms with E-state index >= 15 is 0 Å². The van der Waals surface area contributed by atoms with Crippen LogP contribution in [-0.2, 0) is 12.7 Å². The van der Waals surface area contributed by atoms with Gasteiger partial charge in [0.25, 0.3) is 0 Å². The van der Waals surface area contributed by atoms with Crippen molar-refractivity contribution in [3.05, 3.63) is 42.0 Å². The van der Waals surface area contributed by atoms with Crippen molar-refractivity contribution in [2.75, 3.05) is 20.2 Å². The first kappa shape index (κ1) is 21.6. The van der Waals surface area contributed by atoms with E-state index in [2.05, 4.69) is 22.2 Å². The van der Waals surface area contributed by atoms with Crippen molar-refractivity contribution in [2.45, 2.75) is 19.6 Å². The monoisotopic (exact) mass is 443 g/mol. The van der Waals surface area contributed by atoms with Gasteiger partial charge in [0.05, 0.1) is 19.2 Å². The SMILES string of the molecule is C=CCNC(=NCc1ccc(OC)cc1C(F)(F)F)NCC.I. The molecule has 0 amide bonds. The van der Waals surface area contributed by atoms with Gasteiger partial charge in [0.15, 0.2) is 5.96 Å². The molecule has 23 heavy (non-hydrogen) atoms. The van der Waals surface area contributed by atoms with Crippen LogP contribution >= 0.6 is 24.0 Å². The van der Waals surface area contributed by atoms with E-state index < -0.39 is 11.7 Å². The number of hydrogen-bond acceptors (Lipinski definition) is 2. The number of ether oxygens (including phenoxy) is 1. The molecule has 2 N–H and O–H groups in total. The second-order valence-electron chi connectivity index (χ2n) is 4.39. The fraction of sp³-hybridized carbons (Fsp3) is 0.400. The van der Waals surface area contributed by atoms with Crippen LogP contribution in [-0.4, -0.2) is 26.2 Å². The Morgan fingerprint density at radius 2 is 2.04 bits per heavy atom. The van der Waals surface area contributed by atoms with Gasteiger partial charge in [0.2, 0.25) is 0 Å². The van der Waals surface area contributed by atoms with Gasteiger partial charge < -0.3 is 15.4 Å². The van der Waals surface area contributed by atoms with Crippen molar-refractivity contribution in [3.63, 3.8) is 0 Å². The van der Waals surface area contributed by atoms with E-state index in [1.54, 1.807) is 6.08 Å². The molecule has 8 heteroatoms. The summed E-state index contributed by atoms with van der Waals surface area (Å²) < 4.78 is 44.1. The highest BCUT2D eigenvalue weighted by Gasteiger charge is 2.33. The maximum atomic E-state index is 13.1. The summed E-state index contributed by atoms with van der Waals surface area (Å²) in [6.45, 7) is 6.43. The minimum Gasteiger partial charge on any atom is -0.497 e. The van der Waals surface area contributed by atoms with E-state index in [-0.39, 0.29) is 41.8 Å². The average molecular weight is 443 g/mol. The maximum absolute atomic E-state index is 13.1. The lowest BCUT2D eigenvalue weighted by atomic mass is 10.1. The van der Waals surface area contributed by atoms with Crippen molar-refractivity contribution in [2.24, 2.45) is 4.99 Å². The van der Waals surface area contributed by atoms with Crippen LogP contribution in [0.5, 0.6) is 5.75 Å². The van der Waals surface area contributed by atoms with Crippen molar-refractivity contribution in [1.82, 2.24) is 10.6 Å². The second kappa shape index (κ2) is 10.3. The Balaban J connectivity index is 0.00000484. The topological polar surface area (TPSA) is 45.7 Å². The molecule has 1 rings (SSSR count). The summed E-state index contributed by atoms with van der Waals surface area (Å²) in [7, 11) is 1.33. The summed E-state index contributed by atoms with van der Waals surface area (Å²) in [6.07, 6.45) is -2.81. The zero-order valence-electron chi connectivity index (χ0n) is 13.0. The van der Waals surface area contributed by atoms with Crippen LogP contribution in [0, 0.1) is 0 Å². The molecule has 130 valence electrons. The Labute approximate surface area is 151 Å². The molecular weight excluding hydrogens is 422 g/mol. The van der Waals surface area contributed by atoms with E-state index in [0.717, 1.165) is 6.07 Å². The standard InChI is InChI=1S/C15H20F3N3O.HI/c1-4-8-20-14(19-5-2)21-10-11-6-7-12(22-3)9-13(11)15(16,17)18;/h4,6-7,9H,1,5,8,10H2,2-3H3,(H2,19,20,21);1H. The molecule has 0 unspecified atom stereocenters. The summed E-state index contributed by atoms with van der Waals surface area (Å²) in [6, 6.07) is 3.85. The van der Waals surface area contributed by atoms with Gasteiger partial charge in [-0.2, -0.15) is 13.2 Å². The van der Waals surface area contributed by atoms with E-state index in [1.807, 2.05) is 6.92 Å². The molecule has 0 saturated carbocycles. The number of aliphatic imine (C=N–C) groups is 1. The molecule has 0 heterocycles. The highest BCUT2D eigenvalue weighted by Crippen LogP contribution is 2.34. The lowest BCUT2D eigenvalue weighted by Gasteiger charge is -2.14. The first-order chi connectivity index (χ1) is 10.4. The molecule has 1 aromatic rings. The Kier molecular flexibility index (Phi) is 9.70. The largest absolute Gasteiger partial charge is 0.497 e. The second-order valence-corrected chi connectivity index (χ2v) is 4.39. The predicted molar refractivity (Wildman–Crippen MR) is 96.4 cm³/mol. The normalized spacial score (nSPS) is 11.4. The molecule has 0 bridgehead atoms. The van der Waals surface area contributed by atoms with Crippen LogP contribution < -0.4 is 15.4 Å².